The number of anilines is 2. The Kier molecular flexibility index (Phi) is 5.48. The van der Waals surface area contributed by atoms with Crippen LogP contribution in [-0.2, 0) is 0 Å². The molecule has 0 spiro atoms. The fraction of sp³-hybridized carbons (Fsp3) is 0.320. The first-order chi connectivity index (χ1) is 17.5. The van der Waals surface area contributed by atoms with Gasteiger partial charge in [-0.25, -0.2) is 14.4 Å². The largest absolute Gasteiger partial charge is 0.382 e. The van der Waals surface area contributed by atoms with Gasteiger partial charge in [-0.2, -0.15) is 5.10 Å². The van der Waals surface area contributed by atoms with Crippen molar-refractivity contribution in [2.75, 3.05) is 43.4 Å². The summed E-state index contributed by atoms with van der Waals surface area (Å²) in [6.45, 7) is 7.74. The Morgan fingerprint density at radius 2 is 1.86 bits per heavy atom. The van der Waals surface area contributed by atoms with Crippen LogP contribution < -0.4 is 10.2 Å². The Hall–Kier alpha value is -4.12. The van der Waals surface area contributed by atoms with Gasteiger partial charge in [0, 0.05) is 56.4 Å². The number of H-pyrrole nitrogens is 2. The monoisotopic (exact) mass is 486 g/mol. The van der Waals surface area contributed by atoms with Crippen LogP contribution in [0.3, 0.4) is 0 Å². The normalized spacial score (nSPS) is 14.9. The molecule has 184 valence electrons. The fourth-order valence-electron chi connectivity index (χ4n) is 4.61. The molecule has 5 aromatic heterocycles. The molecule has 36 heavy (non-hydrogen) atoms. The van der Waals surface area contributed by atoms with Gasteiger partial charge in [0.2, 0.25) is 0 Å². The molecular formula is C25H27FN10. The van der Waals surface area contributed by atoms with Gasteiger partial charge >= 0.3 is 0 Å². The molecule has 10 nitrogen and oxygen atoms in total. The Morgan fingerprint density at radius 3 is 2.67 bits per heavy atom. The average molecular weight is 487 g/mol. The van der Waals surface area contributed by atoms with Crippen molar-refractivity contribution in [2.45, 2.75) is 19.9 Å². The van der Waals surface area contributed by atoms with E-state index in [4.69, 9.17) is 4.98 Å². The minimum atomic E-state index is -0.474. The third kappa shape index (κ3) is 3.91. The van der Waals surface area contributed by atoms with Gasteiger partial charge in [0.1, 0.15) is 16.9 Å². The van der Waals surface area contributed by atoms with Crippen LogP contribution in [0.15, 0.2) is 36.9 Å². The molecule has 1 fully saturated rings. The van der Waals surface area contributed by atoms with E-state index in [1.54, 1.807) is 24.8 Å². The molecule has 1 saturated heterocycles. The van der Waals surface area contributed by atoms with Crippen LogP contribution >= 0.6 is 0 Å². The molecule has 6 rings (SSSR count). The van der Waals surface area contributed by atoms with Crippen molar-refractivity contribution in [1.29, 1.82) is 0 Å². The van der Waals surface area contributed by atoms with Gasteiger partial charge in [-0.15, -0.1) is 0 Å². The highest BCUT2D eigenvalue weighted by Crippen LogP contribution is 2.34. The standard InChI is InChI=1S/C25H27FN10/c1-14(2)30-16-10-15(11-27-12-16)21-20(26)19-18(13-29-21)33-34-23(19)24-31-17-4-5-28-25(22(17)32-24)36-8-6-35(3)7-9-36/h4-5,10-14,30H,6-9H2,1-3H3,(H,31,32)(H,33,34). The smallest absolute Gasteiger partial charge is 0.161 e. The van der Waals surface area contributed by atoms with Crippen molar-refractivity contribution in [2.24, 2.45) is 0 Å². The maximum Gasteiger partial charge on any atom is 0.161 e. The van der Waals surface area contributed by atoms with Gasteiger partial charge in [-0.05, 0) is 33.0 Å². The number of piperazine rings is 1. The summed E-state index contributed by atoms with van der Waals surface area (Å²) in [4.78, 5) is 25.9. The van der Waals surface area contributed by atoms with E-state index < -0.39 is 5.82 Å². The summed E-state index contributed by atoms with van der Waals surface area (Å²) in [7, 11) is 2.12. The second kappa shape index (κ2) is 8.83. The number of pyridine rings is 3. The molecular weight excluding hydrogens is 459 g/mol. The molecule has 0 bridgehead atoms. The third-order valence-corrected chi connectivity index (χ3v) is 6.42. The molecule has 6 heterocycles. The minimum absolute atomic E-state index is 0.209. The average Bonchev–Trinajstić information content (AvgIpc) is 3.49. The summed E-state index contributed by atoms with van der Waals surface area (Å²) in [5, 5.41) is 10.9. The van der Waals surface area contributed by atoms with Crippen LogP contribution in [-0.4, -0.2) is 79.3 Å². The van der Waals surface area contributed by atoms with Crippen LogP contribution in [0, 0.1) is 5.82 Å². The van der Waals surface area contributed by atoms with E-state index in [9.17, 15) is 0 Å². The summed E-state index contributed by atoms with van der Waals surface area (Å²) in [6.07, 6.45) is 6.68. The number of hydrogen-bond acceptors (Lipinski definition) is 8. The first-order valence-corrected chi connectivity index (χ1v) is 12.0. The second-order valence-electron chi connectivity index (χ2n) is 9.45. The lowest BCUT2D eigenvalue weighted by molar-refractivity contribution is 0.312. The Bertz CT molecular complexity index is 1550. The first-order valence-electron chi connectivity index (χ1n) is 12.0. The Morgan fingerprint density at radius 1 is 1.03 bits per heavy atom. The Balaban J connectivity index is 1.43. The van der Waals surface area contributed by atoms with Gasteiger partial charge in [-0.3, -0.25) is 15.1 Å². The van der Waals surface area contributed by atoms with E-state index >= 15 is 4.39 Å². The van der Waals surface area contributed by atoms with Crippen LogP contribution in [0.4, 0.5) is 15.9 Å². The highest BCUT2D eigenvalue weighted by molar-refractivity contribution is 5.96. The number of nitrogens with one attached hydrogen (secondary N) is 3. The minimum Gasteiger partial charge on any atom is -0.382 e. The molecule has 0 atom stereocenters. The van der Waals surface area contributed by atoms with E-state index in [1.807, 2.05) is 26.0 Å². The van der Waals surface area contributed by atoms with Crippen molar-refractivity contribution >= 4 is 33.4 Å². The third-order valence-electron chi connectivity index (χ3n) is 6.42. The number of halogens is 1. The van der Waals surface area contributed by atoms with Crippen LogP contribution in [0.25, 0.3) is 44.7 Å². The number of fused-ring (bicyclic) bond motifs is 2. The molecule has 11 heteroatoms. The number of aromatic amines is 2. The van der Waals surface area contributed by atoms with E-state index in [2.05, 4.69) is 52.3 Å². The summed E-state index contributed by atoms with van der Waals surface area (Å²) in [5.74, 6) is 0.827. The topological polar surface area (TPSA) is 115 Å². The van der Waals surface area contributed by atoms with Gasteiger partial charge < -0.3 is 20.1 Å². The van der Waals surface area contributed by atoms with Crippen molar-refractivity contribution in [3.8, 4) is 22.8 Å². The molecule has 0 aliphatic carbocycles. The van der Waals surface area contributed by atoms with Crippen LogP contribution in [0.5, 0.6) is 0 Å². The molecule has 1 aliphatic rings. The zero-order valence-electron chi connectivity index (χ0n) is 20.4. The van der Waals surface area contributed by atoms with E-state index in [1.165, 1.54) is 0 Å². The molecule has 3 N–H and O–H groups in total. The van der Waals surface area contributed by atoms with E-state index in [0.29, 0.717) is 28.0 Å². The Labute approximate surface area is 207 Å². The SMILES string of the molecule is CC(C)Nc1cncc(-c2ncc3[nH]nc(-c4nc5c(N6CCN(C)CC6)nccc5[nH]4)c3c2F)c1. The lowest BCUT2D eigenvalue weighted by Gasteiger charge is -2.33. The van der Waals surface area contributed by atoms with Gasteiger partial charge in [-0.1, -0.05) is 0 Å². The first kappa shape index (κ1) is 22.4. The molecule has 5 aromatic rings. The van der Waals surface area contributed by atoms with Gasteiger partial charge in [0.25, 0.3) is 0 Å². The molecule has 1 aliphatic heterocycles. The molecule has 0 radical (unpaired) electrons. The predicted molar refractivity (Wildman–Crippen MR) is 138 cm³/mol. The number of hydrogen-bond donors (Lipinski definition) is 3. The quantitative estimate of drug-likeness (QED) is 0.345. The molecule has 0 amide bonds. The van der Waals surface area contributed by atoms with Gasteiger partial charge in [0.05, 0.1) is 28.3 Å². The molecule has 0 unspecified atom stereocenters. The fourth-order valence-corrected chi connectivity index (χ4v) is 4.61. The number of rotatable bonds is 5. The summed E-state index contributed by atoms with van der Waals surface area (Å²) in [6, 6.07) is 3.95. The van der Waals surface area contributed by atoms with Crippen molar-refractivity contribution in [3.05, 3.63) is 42.7 Å². The zero-order chi connectivity index (χ0) is 24.8. The maximum absolute atomic E-state index is 16.0. The number of imidazole rings is 1. The highest BCUT2D eigenvalue weighted by atomic mass is 19.1. The summed E-state index contributed by atoms with van der Waals surface area (Å²) < 4.78 is 16.0. The number of likely N-dealkylation sites (N-methyl/N-ethyl adjacent to an activating group) is 1. The molecule has 0 aromatic carbocycles. The van der Waals surface area contributed by atoms with E-state index in [0.717, 1.165) is 48.7 Å². The number of nitrogens with zero attached hydrogens (tertiary/aromatic N) is 7. The van der Waals surface area contributed by atoms with Crippen LogP contribution in [0.2, 0.25) is 0 Å². The molecule has 0 saturated carbocycles. The van der Waals surface area contributed by atoms with Crippen molar-refractivity contribution in [3.63, 3.8) is 0 Å². The van der Waals surface area contributed by atoms with Crippen molar-refractivity contribution < 1.29 is 4.39 Å². The van der Waals surface area contributed by atoms with Crippen LogP contribution in [0.1, 0.15) is 13.8 Å². The van der Waals surface area contributed by atoms with Gasteiger partial charge in [0.15, 0.2) is 17.5 Å². The second-order valence-corrected chi connectivity index (χ2v) is 9.45. The maximum atomic E-state index is 16.0. The lowest BCUT2D eigenvalue weighted by Crippen LogP contribution is -2.44. The summed E-state index contributed by atoms with van der Waals surface area (Å²) in [5.41, 5.74) is 4.07. The summed E-state index contributed by atoms with van der Waals surface area (Å²) >= 11 is 0. The zero-order valence-corrected chi connectivity index (χ0v) is 20.4. The number of aromatic nitrogens is 7. The lowest BCUT2D eigenvalue weighted by atomic mass is 10.1. The predicted octanol–water partition coefficient (Wildman–Crippen LogP) is 3.67. The van der Waals surface area contributed by atoms with E-state index in [-0.39, 0.29) is 11.7 Å². The highest BCUT2D eigenvalue weighted by Gasteiger charge is 2.23. The van der Waals surface area contributed by atoms with Crippen molar-refractivity contribution in [1.82, 2.24) is 40.0 Å².